The second-order valence-electron chi connectivity index (χ2n) is 3.31. The average Bonchev–Trinajstić information content (AvgIpc) is 2.05. The Labute approximate surface area is 88.6 Å². The first-order valence-electron chi connectivity index (χ1n) is 4.35. The molecule has 0 aromatic heterocycles. The molecular formula is C9H13NO4S. The van der Waals surface area contributed by atoms with Gasteiger partial charge in [-0.2, -0.15) is 8.42 Å². The van der Waals surface area contributed by atoms with Crippen LogP contribution in [-0.4, -0.2) is 19.1 Å². The molecule has 0 bridgehead atoms. The third-order valence-electron chi connectivity index (χ3n) is 1.67. The van der Waals surface area contributed by atoms with Gasteiger partial charge in [-0.15, -0.1) is 0 Å². The van der Waals surface area contributed by atoms with Gasteiger partial charge in [-0.3, -0.25) is 4.55 Å². The van der Waals surface area contributed by atoms with E-state index in [2.05, 4.69) is 0 Å². The Morgan fingerprint density at radius 3 is 2.47 bits per heavy atom. The Bertz CT molecular complexity index is 453. The predicted octanol–water partition coefficient (Wildman–Crippen LogP) is 1.30. The van der Waals surface area contributed by atoms with E-state index in [1.54, 1.807) is 19.9 Å². The summed E-state index contributed by atoms with van der Waals surface area (Å²) in [5.74, 6) is 0.250. The molecule has 0 aliphatic rings. The van der Waals surface area contributed by atoms with Crippen molar-refractivity contribution in [1.29, 1.82) is 0 Å². The van der Waals surface area contributed by atoms with Gasteiger partial charge in [0.15, 0.2) is 0 Å². The Morgan fingerprint density at radius 1 is 1.40 bits per heavy atom. The maximum atomic E-state index is 10.9. The zero-order chi connectivity index (χ0) is 11.6. The molecule has 0 radical (unpaired) electrons. The molecule has 0 fully saturated rings. The highest BCUT2D eigenvalue weighted by Crippen LogP contribution is 2.29. The fourth-order valence-corrected chi connectivity index (χ4v) is 1.73. The molecule has 3 N–H and O–H groups in total. The fraction of sp³-hybridized carbons (Fsp3) is 0.333. The number of hydrogen-bond donors (Lipinski definition) is 2. The van der Waals surface area contributed by atoms with E-state index >= 15 is 0 Å². The zero-order valence-corrected chi connectivity index (χ0v) is 9.28. The van der Waals surface area contributed by atoms with Crippen molar-refractivity contribution in [2.24, 2.45) is 0 Å². The van der Waals surface area contributed by atoms with Crippen molar-refractivity contribution < 1.29 is 17.7 Å². The van der Waals surface area contributed by atoms with E-state index in [0.717, 1.165) is 0 Å². The molecule has 1 rings (SSSR count). The van der Waals surface area contributed by atoms with Crippen LogP contribution in [0, 0.1) is 0 Å². The molecule has 0 saturated carbocycles. The van der Waals surface area contributed by atoms with Crippen molar-refractivity contribution in [1.82, 2.24) is 0 Å². The topological polar surface area (TPSA) is 89.6 Å². The molecule has 0 heterocycles. The van der Waals surface area contributed by atoms with Crippen LogP contribution in [0.5, 0.6) is 5.75 Å². The highest BCUT2D eigenvalue weighted by atomic mass is 32.2. The van der Waals surface area contributed by atoms with Crippen molar-refractivity contribution in [2.45, 2.75) is 24.8 Å². The number of hydrogen-bond acceptors (Lipinski definition) is 4. The van der Waals surface area contributed by atoms with Crippen LogP contribution in [0.25, 0.3) is 0 Å². The largest absolute Gasteiger partial charge is 0.489 e. The number of nitrogen functional groups attached to an aromatic ring is 1. The van der Waals surface area contributed by atoms with Crippen LogP contribution < -0.4 is 10.5 Å². The van der Waals surface area contributed by atoms with Crippen LogP contribution in [0.1, 0.15) is 13.8 Å². The standard InChI is InChI=1S/C9H13NO4S/c1-6(2)14-7-4-3-5-8(9(7)10)15(11,12)13/h3-6H,10H2,1-2H3,(H,11,12,13). The van der Waals surface area contributed by atoms with E-state index in [1.165, 1.54) is 12.1 Å². The van der Waals surface area contributed by atoms with E-state index in [1.807, 2.05) is 0 Å². The Kier molecular flexibility index (Phi) is 3.21. The minimum absolute atomic E-state index is 0.0753. The summed E-state index contributed by atoms with van der Waals surface area (Å²) in [6.45, 7) is 3.58. The quantitative estimate of drug-likeness (QED) is 0.604. The molecule has 0 atom stereocenters. The van der Waals surface area contributed by atoms with Crippen molar-refractivity contribution >= 4 is 15.8 Å². The molecule has 0 saturated heterocycles. The van der Waals surface area contributed by atoms with Gasteiger partial charge < -0.3 is 10.5 Å². The lowest BCUT2D eigenvalue weighted by Crippen LogP contribution is -2.10. The van der Waals surface area contributed by atoms with Gasteiger partial charge >= 0.3 is 0 Å². The summed E-state index contributed by atoms with van der Waals surface area (Å²) in [5.41, 5.74) is 5.48. The van der Waals surface area contributed by atoms with Gasteiger partial charge in [0.25, 0.3) is 10.1 Å². The molecule has 1 aromatic carbocycles. The molecule has 6 heteroatoms. The van der Waals surface area contributed by atoms with Crippen LogP contribution in [-0.2, 0) is 10.1 Å². The average molecular weight is 231 g/mol. The first-order valence-corrected chi connectivity index (χ1v) is 5.79. The normalized spacial score (nSPS) is 11.7. The van der Waals surface area contributed by atoms with Gasteiger partial charge in [-0.05, 0) is 26.0 Å². The van der Waals surface area contributed by atoms with E-state index < -0.39 is 10.1 Å². The summed E-state index contributed by atoms with van der Waals surface area (Å²) in [7, 11) is -4.30. The summed E-state index contributed by atoms with van der Waals surface area (Å²) in [6.07, 6.45) is -0.121. The monoisotopic (exact) mass is 231 g/mol. The smallest absolute Gasteiger partial charge is 0.296 e. The molecule has 0 aliphatic carbocycles. The molecular weight excluding hydrogens is 218 g/mol. The van der Waals surface area contributed by atoms with Crippen LogP contribution in [0.3, 0.4) is 0 Å². The van der Waals surface area contributed by atoms with E-state index in [4.69, 9.17) is 15.0 Å². The van der Waals surface area contributed by atoms with Crippen LogP contribution in [0.2, 0.25) is 0 Å². The van der Waals surface area contributed by atoms with Crippen LogP contribution >= 0.6 is 0 Å². The van der Waals surface area contributed by atoms with Gasteiger partial charge in [0.1, 0.15) is 10.6 Å². The summed E-state index contributed by atoms with van der Waals surface area (Å²) in [4.78, 5) is -0.333. The molecule has 0 aliphatic heterocycles. The maximum absolute atomic E-state index is 10.9. The van der Waals surface area contributed by atoms with Crippen LogP contribution in [0.4, 0.5) is 5.69 Å². The van der Waals surface area contributed by atoms with Crippen molar-refractivity contribution in [3.8, 4) is 5.75 Å². The zero-order valence-electron chi connectivity index (χ0n) is 8.47. The molecule has 0 spiro atoms. The Morgan fingerprint density at radius 2 is 2.00 bits per heavy atom. The third-order valence-corrected chi connectivity index (χ3v) is 2.58. The van der Waals surface area contributed by atoms with Gasteiger partial charge in [0.05, 0.1) is 11.8 Å². The van der Waals surface area contributed by atoms with E-state index in [0.29, 0.717) is 0 Å². The summed E-state index contributed by atoms with van der Waals surface area (Å²) in [5, 5.41) is 0. The highest BCUT2D eigenvalue weighted by Gasteiger charge is 2.17. The van der Waals surface area contributed by atoms with E-state index in [-0.39, 0.29) is 22.4 Å². The molecule has 15 heavy (non-hydrogen) atoms. The minimum atomic E-state index is -4.30. The number of para-hydroxylation sites is 1. The van der Waals surface area contributed by atoms with Crippen molar-refractivity contribution in [3.63, 3.8) is 0 Å². The first-order chi connectivity index (χ1) is 6.82. The summed E-state index contributed by atoms with van der Waals surface area (Å²) < 4.78 is 36.0. The predicted molar refractivity (Wildman–Crippen MR) is 56.4 cm³/mol. The molecule has 0 amide bonds. The lowest BCUT2D eigenvalue weighted by atomic mass is 10.3. The second-order valence-corrected chi connectivity index (χ2v) is 4.70. The molecule has 0 unspecified atom stereocenters. The lowest BCUT2D eigenvalue weighted by Gasteiger charge is -2.13. The first kappa shape index (κ1) is 11.8. The Balaban J connectivity index is 3.24. The fourth-order valence-electron chi connectivity index (χ4n) is 1.11. The number of anilines is 1. The number of rotatable bonds is 3. The lowest BCUT2D eigenvalue weighted by molar-refractivity contribution is 0.243. The van der Waals surface area contributed by atoms with Crippen molar-refractivity contribution in [3.05, 3.63) is 18.2 Å². The van der Waals surface area contributed by atoms with Crippen LogP contribution in [0.15, 0.2) is 23.1 Å². The number of benzene rings is 1. The van der Waals surface area contributed by atoms with Gasteiger partial charge in [-0.25, -0.2) is 0 Å². The minimum Gasteiger partial charge on any atom is -0.489 e. The molecule has 1 aromatic rings. The van der Waals surface area contributed by atoms with E-state index in [9.17, 15) is 8.42 Å². The van der Waals surface area contributed by atoms with Gasteiger partial charge in [-0.1, -0.05) is 6.07 Å². The Hall–Kier alpha value is -1.27. The summed E-state index contributed by atoms with van der Waals surface area (Å²) in [6, 6.07) is 4.22. The van der Waals surface area contributed by atoms with Gasteiger partial charge in [0.2, 0.25) is 0 Å². The maximum Gasteiger partial charge on any atom is 0.296 e. The molecule has 5 nitrogen and oxygen atoms in total. The molecule has 84 valence electrons. The number of ether oxygens (including phenoxy) is 1. The highest BCUT2D eigenvalue weighted by molar-refractivity contribution is 7.86. The van der Waals surface area contributed by atoms with Gasteiger partial charge in [0, 0.05) is 0 Å². The second kappa shape index (κ2) is 4.08. The summed E-state index contributed by atoms with van der Waals surface area (Å²) >= 11 is 0. The number of nitrogens with two attached hydrogens (primary N) is 1. The van der Waals surface area contributed by atoms with Crippen molar-refractivity contribution in [2.75, 3.05) is 5.73 Å². The SMILES string of the molecule is CC(C)Oc1cccc(S(=O)(=O)O)c1N. The third kappa shape index (κ3) is 2.84.